The lowest BCUT2D eigenvalue weighted by molar-refractivity contribution is 0.586. The standard InChI is InChI=1S/C11H11IN2O2S/c1-8-3-5-10(6-4-8)17(15,16)14-7-11(12)13-9(14)2/h3-7H,1-2H3. The van der Waals surface area contributed by atoms with Crippen molar-refractivity contribution in [3.63, 3.8) is 0 Å². The van der Waals surface area contributed by atoms with Gasteiger partial charge in [0.1, 0.15) is 9.53 Å². The molecule has 0 aliphatic carbocycles. The molecule has 0 atom stereocenters. The van der Waals surface area contributed by atoms with E-state index in [9.17, 15) is 8.42 Å². The van der Waals surface area contributed by atoms with Gasteiger partial charge in [0.2, 0.25) is 0 Å². The van der Waals surface area contributed by atoms with E-state index in [1.807, 2.05) is 29.5 Å². The summed E-state index contributed by atoms with van der Waals surface area (Å²) in [6, 6.07) is 6.78. The molecule has 0 bridgehead atoms. The molecule has 0 unspecified atom stereocenters. The SMILES string of the molecule is Cc1ccc(S(=O)(=O)n2cc(I)nc2C)cc1. The number of aromatic nitrogens is 2. The molecule has 0 aliphatic rings. The highest BCUT2D eigenvalue weighted by atomic mass is 127. The highest BCUT2D eigenvalue weighted by molar-refractivity contribution is 14.1. The molecular weight excluding hydrogens is 351 g/mol. The van der Waals surface area contributed by atoms with Crippen LogP contribution in [-0.4, -0.2) is 17.4 Å². The van der Waals surface area contributed by atoms with Gasteiger partial charge in [0, 0.05) is 0 Å². The Balaban J connectivity index is 2.57. The van der Waals surface area contributed by atoms with Crippen molar-refractivity contribution in [2.45, 2.75) is 18.7 Å². The molecule has 2 aromatic rings. The number of halogens is 1. The van der Waals surface area contributed by atoms with Crippen LogP contribution in [0.15, 0.2) is 35.4 Å². The minimum absolute atomic E-state index is 0.278. The Kier molecular flexibility index (Phi) is 3.26. The summed E-state index contributed by atoms with van der Waals surface area (Å²) in [6.07, 6.45) is 1.52. The van der Waals surface area contributed by atoms with Gasteiger partial charge in [0.25, 0.3) is 10.0 Å². The van der Waals surface area contributed by atoms with Crippen LogP contribution in [0, 0.1) is 17.5 Å². The van der Waals surface area contributed by atoms with E-state index in [1.54, 1.807) is 31.2 Å². The molecule has 0 aliphatic heterocycles. The van der Waals surface area contributed by atoms with Crippen molar-refractivity contribution in [2.24, 2.45) is 0 Å². The highest BCUT2D eigenvalue weighted by Gasteiger charge is 2.19. The van der Waals surface area contributed by atoms with Crippen LogP contribution in [0.25, 0.3) is 0 Å². The van der Waals surface area contributed by atoms with Gasteiger partial charge in [-0.25, -0.2) is 17.4 Å². The van der Waals surface area contributed by atoms with E-state index in [4.69, 9.17) is 0 Å². The Morgan fingerprint density at radius 2 is 1.76 bits per heavy atom. The summed E-state index contributed by atoms with van der Waals surface area (Å²) < 4.78 is 26.5. The van der Waals surface area contributed by atoms with Crippen molar-refractivity contribution in [1.29, 1.82) is 0 Å². The van der Waals surface area contributed by atoms with Crippen molar-refractivity contribution < 1.29 is 8.42 Å². The van der Waals surface area contributed by atoms with Crippen LogP contribution in [0.2, 0.25) is 0 Å². The highest BCUT2D eigenvalue weighted by Crippen LogP contribution is 2.17. The lowest BCUT2D eigenvalue weighted by Crippen LogP contribution is -2.13. The Bertz CT molecular complexity index is 645. The number of hydrogen-bond acceptors (Lipinski definition) is 3. The number of benzene rings is 1. The van der Waals surface area contributed by atoms with Gasteiger partial charge in [-0.1, -0.05) is 17.7 Å². The molecule has 2 rings (SSSR count). The van der Waals surface area contributed by atoms with E-state index in [1.165, 1.54) is 10.2 Å². The normalized spacial score (nSPS) is 11.7. The van der Waals surface area contributed by atoms with Crippen LogP contribution in [-0.2, 0) is 10.0 Å². The zero-order chi connectivity index (χ0) is 12.6. The van der Waals surface area contributed by atoms with Gasteiger partial charge in [0.15, 0.2) is 0 Å². The fraction of sp³-hybridized carbons (Fsp3) is 0.182. The topological polar surface area (TPSA) is 52.0 Å². The summed E-state index contributed by atoms with van der Waals surface area (Å²) in [7, 11) is -3.52. The summed E-state index contributed by atoms with van der Waals surface area (Å²) in [6.45, 7) is 3.59. The first kappa shape index (κ1) is 12.6. The summed E-state index contributed by atoms with van der Waals surface area (Å²) in [5.41, 5.74) is 1.03. The molecular formula is C11H11IN2O2S. The van der Waals surface area contributed by atoms with Crippen LogP contribution in [0.5, 0.6) is 0 Å². The number of rotatable bonds is 2. The van der Waals surface area contributed by atoms with Gasteiger partial charge in [-0.3, -0.25) is 0 Å². The van der Waals surface area contributed by atoms with Crippen LogP contribution in [0.3, 0.4) is 0 Å². The molecule has 0 spiro atoms. The second-order valence-electron chi connectivity index (χ2n) is 3.72. The molecule has 4 nitrogen and oxygen atoms in total. The Labute approximate surface area is 114 Å². The molecule has 1 aromatic carbocycles. The van der Waals surface area contributed by atoms with Gasteiger partial charge in [-0.05, 0) is 48.6 Å². The Hall–Kier alpha value is -0.890. The van der Waals surface area contributed by atoms with E-state index in [0.717, 1.165) is 5.56 Å². The molecule has 1 aromatic heterocycles. The molecule has 17 heavy (non-hydrogen) atoms. The van der Waals surface area contributed by atoms with Gasteiger partial charge in [-0.15, -0.1) is 0 Å². The van der Waals surface area contributed by atoms with Crippen molar-refractivity contribution in [1.82, 2.24) is 8.96 Å². The quantitative estimate of drug-likeness (QED) is 0.771. The summed E-state index contributed by atoms with van der Waals surface area (Å²) in [5, 5.41) is 0. The first-order chi connectivity index (χ1) is 7.91. The summed E-state index contributed by atoms with van der Waals surface area (Å²) in [4.78, 5) is 4.37. The van der Waals surface area contributed by atoms with Crippen LogP contribution in [0.4, 0.5) is 0 Å². The molecule has 6 heteroatoms. The molecule has 0 N–H and O–H groups in total. The maximum Gasteiger partial charge on any atom is 0.269 e. The third-order valence-electron chi connectivity index (χ3n) is 2.39. The van der Waals surface area contributed by atoms with E-state index in [2.05, 4.69) is 4.98 Å². The van der Waals surface area contributed by atoms with Crippen LogP contribution in [0.1, 0.15) is 11.4 Å². The minimum atomic E-state index is -3.52. The number of imidazole rings is 1. The number of nitrogens with zero attached hydrogens (tertiary/aromatic N) is 2. The minimum Gasteiger partial charge on any atom is -0.227 e. The average molecular weight is 362 g/mol. The van der Waals surface area contributed by atoms with Gasteiger partial charge in [-0.2, -0.15) is 0 Å². The fourth-order valence-corrected chi connectivity index (χ4v) is 3.64. The maximum atomic E-state index is 12.3. The molecule has 1 heterocycles. The van der Waals surface area contributed by atoms with Crippen LogP contribution >= 0.6 is 22.6 Å². The first-order valence-corrected chi connectivity index (χ1v) is 7.47. The van der Waals surface area contributed by atoms with Crippen molar-refractivity contribution in [3.8, 4) is 0 Å². The van der Waals surface area contributed by atoms with E-state index in [-0.39, 0.29) is 4.90 Å². The molecule has 90 valence electrons. The van der Waals surface area contributed by atoms with Gasteiger partial charge in [0.05, 0.1) is 11.1 Å². The third kappa shape index (κ3) is 2.37. The zero-order valence-electron chi connectivity index (χ0n) is 9.38. The molecule has 0 saturated carbocycles. The first-order valence-electron chi connectivity index (χ1n) is 4.95. The monoisotopic (exact) mass is 362 g/mol. The van der Waals surface area contributed by atoms with E-state index < -0.39 is 10.0 Å². The molecule has 0 amide bonds. The second-order valence-corrected chi connectivity index (χ2v) is 6.64. The zero-order valence-corrected chi connectivity index (χ0v) is 12.4. The largest absolute Gasteiger partial charge is 0.269 e. The maximum absolute atomic E-state index is 12.3. The molecule has 0 fully saturated rings. The Morgan fingerprint density at radius 1 is 1.18 bits per heavy atom. The number of hydrogen-bond donors (Lipinski definition) is 0. The second kappa shape index (κ2) is 4.41. The van der Waals surface area contributed by atoms with Crippen LogP contribution < -0.4 is 0 Å². The van der Waals surface area contributed by atoms with Crippen molar-refractivity contribution in [3.05, 3.63) is 45.6 Å². The fourth-order valence-electron chi connectivity index (χ4n) is 1.49. The summed E-state index contributed by atoms with van der Waals surface area (Å²) in [5.74, 6) is 0.468. The predicted molar refractivity (Wildman–Crippen MR) is 73.4 cm³/mol. The predicted octanol–water partition coefficient (Wildman–Crippen LogP) is 2.34. The van der Waals surface area contributed by atoms with E-state index >= 15 is 0 Å². The Morgan fingerprint density at radius 3 is 2.24 bits per heavy atom. The lowest BCUT2D eigenvalue weighted by Gasteiger charge is -2.06. The number of aryl methyl sites for hydroxylation is 2. The van der Waals surface area contributed by atoms with E-state index in [0.29, 0.717) is 9.53 Å². The lowest BCUT2D eigenvalue weighted by atomic mass is 10.2. The van der Waals surface area contributed by atoms with Crippen molar-refractivity contribution in [2.75, 3.05) is 0 Å². The van der Waals surface area contributed by atoms with Gasteiger partial charge >= 0.3 is 0 Å². The van der Waals surface area contributed by atoms with Crippen molar-refractivity contribution >= 4 is 32.6 Å². The smallest absolute Gasteiger partial charge is 0.227 e. The molecule has 0 saturated heterocycles. The average Bonchev–Trinajstić information content (AvgIpc) is 2.59. The summed E-state index contributed by atoms with van der Waals surface area (Å²) >= 11 is 1.99. The third-order valence-corrected chi connectivity index (χ3v) is 4.66. The molecule has 0 radical (unpaired) electrons. The van der Waals surface area contributed by atoms with Gasteiger partial charge < -0.3 is 0 Å².